The summed E-state index contributed by atoms with van der Waals surface area (Å²) in [4.78, 5) is 11.5. The molecule has 0 radical (unpaired) electrons. The molecule has 0 saturated carbocycles. The van der Waals surface area contributed by atoms with Gasteiger partial charge < -0.3 is 0 Å². The third-order valence-corrected chi connectivity index (χ3v) is 5.23. The first-order chi connectivity index (χ1) is 10.4. The molecule has 0 spiro atoms. The van der Waals surface area contributed by atoms with Gasteiger partial charge in [-0.1, -0.05) is 12.1 Å². The fourth-order valence-electron chi connectivity index (χ4n) is 3.05. The largest absolute Gasteiger partial charge is 0.290 e. The summed E-state index contributed by atoms with van der Waals surface area (Å²) < 4.78 is 1.29. The molecule has 1 saturated heterocycles. The van der Waals surface area contributed by atoms with Crippen LogP contribution in [0.5, 0.6) is 0 Å². The minimum Gasteiger partial charge on any atom is -0.290 e. The predicted octanol–water partition coefficient (Wildman–Crippen LogP) is 4.03. The van der Waals surface area contributed by atoms with E-state index in [4.69, 9.17) is 4.98 Å². The molecular weight excluding hydrogens is 278 g/mol. The van der Waals surface area contributed by atoms with Gasteiger partial charge in [-0.25, -0.2) is 4.98 Å². The van der Waals surface area contributed by atoms with E-state index >= 15 is 0 Å². The van der Waals surface area contributed by atoms with E-state index in [9.17, 15) is 0 Å². The van der Waals surface area contributed by atoms with Gasteiger partial charge in [-0.15, -0.1) is 11.3 Å². The van der Waals surface area contributed by atoms with Crippen LogP contribution in [0.15, 0.2) is 48.8 Å². The fourth-order valence-corrected chi connectivity index (χ4v) is 4.19. The molecule has 0 N–H and O–H groups in total. The van der Waals surface area contributed by atoms with Gasteiger partial charge in [-0.05, 0) is 49.2 Å². The number of hydrogen-bond acceptors (Lipinski definition) is 4. The average Bonchev–Trinajstić information content (AvgIpc) is 3.14. The van der Waals surface area contributed by atoms with Crippen LogP contribution in [0, 0.1) is 0 Å². The standard InChI is InChI=1S/C17H17N3S/c1-2-6-16-14(4-1)19-17(21-16)15-5-3-11-20(15)12-13-7-9-18-10-8-13/h1-2,4,6-10,15H,3,5,11-12H2/t15-/m0/s1. The van der Waals surface area contributed by atoms with Gasteiger partial charge >= 0.3 is 0 Å². The summed E-state index contributed by atoms with van der Waals surface area (Å²) in [5, 5.41) is 1.27. The van der Waals surface area contributed by atoms with Crippen LogP contribution in [-0.2, 0) is 6.54 Å². The maximum absolute atomic E-state index is 4.85. The second-order valence-corrected chi connectivity index (χ2v) is 6.57. The molecule has 1 aromatic carbocycles. The van der Waals surface area contributed by atoms with Crippen LogP contribution < -0.4 is 0 Å². The molecule has 0 amide bonds. The van der Waals surface area contributed by atoms with Crippen LogP contribution in [-0.4, -0.2) is 21.4 Å². The average molecular weight is 295 g/mol. The topological polar surface area (TPSA) is 29.0 Å². The summed E-state index contributed by atoms with van der Waals surface area (Å²) in [6.07, 6.45) is 6.22. The fraction of sp³-hybridized carbons (Fsp3) is 0.294. The number of nitrogens with zero attached hydrogens (tertiary/aromatic N) is 3. The molecule has 21 heavy (non-hydrogen) atoms. The van der Waals surface area contributed by atoms with Crippen molar-refractivity contribution in [3.63, 3.8) is 0 Å². The van der Waals surface area contributed by atoms with E-state index in [0.717, 1.165) is 18.6 Å². The SMILES string of the molecule is c1ccc2sc([C@@H]3CCCN3Cc3ccncc3)nc2c1. The highest BCUT2D eigenvalue weighted by Crippen LogP contribution is 2.37. The molecule has 4 rings (SSSR count). The van der Waals surface area contributed by atoms with E-state index in [2.05, 4.69) is 46.3 Å². The highest BCUT2D eigenvalue weighted by atomic mass is 32.1. The number of likely N-dealkylation sites (tertiary alicyclic amines) is 1. The first-order valence-corrected chi connectivity index (χ1v) is 8.20. The number of fused-ring (bicyclic) bond motifs is 1. The van der Waals surface area contributed by atoms with E-state index in [1.807, 2.05) is 23.7 Å². The smallest absolute Gasteiger partial charge is 0.111 e. The third-order valence-electron chi connectivity index (χ3n) is 4.09. The van der Waals surface area contributed by atoms with Crippen LogP contribution in [0.25, 0.3) is 10.2 Å². The zero-order valence-electron chi connectivity index (χ0n) is 11.8. The summed E-state index contributed by atoms with van der Waals surface area (Å²) in [6, 6.07) is 13.1. The molecule has 2 aromatic heterocycles. The van der Waals surface area contributed by atoms with E-state index in [1.54, 1.807) is 0 Å². The number of para-hydroxylation sites is 1. The highest BCUT2D eigenvalue weighted by molar-refractivity contribution is 7.18. The Labute approximate surface area is 128 Å². The molecular formula is C17H17N3S. The Morgan fingerprint density at radius 1 is 1.14 bits per heavy atom. The Balaban J connectivity index is 1.61. The Bertz CT molecular complexity index is 705. The first-order valence-electron chi connectivity index (χ1n) is 7.38. The molecule has 1 aliphatic rings. The quantitative estimate of drug-likeness (QED) is 0.730. The number of pyridine rings is 1. The maximum atomic E-state index is 4.85. The van der Waals surface area contributed by atoms with E-state index in [0.29, 0.717) is 6.04 Å². The van der Waals surface area contributed by atoms with Gasteiger partial charge in [-0.3, -0.25) is 9.88 Å². The van der Waals surface area contributed by atoms with E-state index in [-0.39, 0.29) is 0 Å². The van der Waals surface area contributed by atoms with Gasteiger partial charge in [0, 0.05) is 18.9 Å². The van der Waals surface area contributed by atoms with Gasteiger partial charge in [0.05, 0.1) is 16.3 Å². The molecule has 106 valence electrons. The molecule has 1 atom stereocenters. The summed E-state index contributed by atoms with van der Waals surface area (Å²) in [7, 11) is 0. The molecule has 0 unspecified atom stereocenters. The molecule has 3 heterocycles. The normalized spacial score (nSPS) is 19.3. The molecule has 3 nitrogen and oxygen atoms in total. The lowest BCUT2D eigenvalue weighted by molar-refractivity contribution is 0.248. The number of hydrogen-bond donors (Lipinski definition) is 0. The lowest BCUT2D eigenvalue weighted by Crippen LogP contribution is -2.22. The molecule has 0 aliphatic carbocycles. The second-order valence-electron chi connectivity index (χ2n) is 5.50. The summed E-state index contributed by atoms with van der Waals surface area (Å²) in [5.74, 6) is 0. The van der Waals surface area contributed by atoms with Crippen molar-refractivity contribution >= 4 is 21.6 Å². The van der Waals surface area contributed by atoms with E-state index < -0.39 is 0 Å². The molecule has 1 aliphatic heterocycles. The van der Waals surface area contributed by atoms with Crippen LogP contribution in [0.1, 0.15) is 29.5 Å². The molecule has 3 aromatic rings. The van der Waals surface area contributed by atoms with Gasteiger partial charge in [0.25, 0.3) is 0 Å². The van der Waals surface area contributed by atoms with Crippen molar-refractivity contribution in [2.24, 2.45) is 0 Å². The lowest BCUT2D eigenvalue weighted by Gasteiger charge is -2.22. The van der Waals surface area contributed by atoms with Crippen molar-refractivity contribution < 1.29 is 0 Å². The predicted molar refractivity (Wildman–Crippen MR) is 86.2 cm³/mol. The lowest BCUT2D eigenvalue weighted by atomic mass is 10.2. The van der Waals surface area contributed by atoms with Gasteiger partial charge in [0.1, 0.15) is 5.01 Å². The van der Waals surface area contributed by atoms with Crippen molar-refractivity contribution in [2.75, 3.05) is 6.54 Å². The van der Waals surface area contributed by atoms with Crippen LogP contribution >= 0.6 is 11.3 Å². The third kappa shape index (κ3) is 2.57. The zero-order chi connectivity index (χ0) is 14.1. The van der Waals surface area contributed by atoms with Gasteiger partial charge in [0.2, 0.25) is 0 Å². The number of aromatic nitrogens is 2. The minimum atomic E-state index is 0.468. The van der Waals surface area contributed by atoms with Crippen molar-refractivity contribution in [1.29, 1.82) is 0 Å². The Kier molecular flexibility index (Phi) is 3.41. The number of benzene rings is 1. The Morgan fingerprint density at radius 3 is 2.86 bits per heavy atom. The number of thiazole rings is 1. The van der Waals surface area contributed by atoms with Crippen molar-refractivity contribution in [3.05, 3.63) is 59.4 Å². The minimum absolute atomic E-state index is 0.468. The van der Waals surface area contributed by atoms with Crippen molar-refractivity contribution in [2.45, 2.75) is 25.4 Å². The summed E-state index contributed by atoms with van der Waals surface area (Å²) >= 11 is 1.84. The Morgan fingerprint density at radius 2 is 2.00 bits per heavy atom. The van der Waals surface area contributed by atoms with E-state index in [1.165, 1.54) is 28.1 Å². The van der Waals surface area contributed by atoms with Gasteiger partial charge in [-0.2, -0.15) is 0 Å². The molecule has 0 bridgehead atoms. The highest BCUT2D eigenvalue weighted by Gasteiger charge is 2.28. The first kappa shape index (κ1) is 12.9. The monoisotopic (exact) mass is 295 g/mol. The Hall–Kier alpha value is -1.78. The van der Waals surface area contributed by atoms with Crippen molar-refractivity contribution in [1.82, 2.24) is 14.9 Å². The molecule has 1 fully saturated rings. The van der Waals surface area contributed by atoms with Crippen LogP contribution in [0.2, 0.25) is 0 Å². The number of rotatable bonds is 3. The van der Waals surface area contributed by atoms with Crippen molar-refractivity contribution in [3.8, 4) is 0 Å². The summed E-state index contributed by atoms with van der Waals surface area (Å²) in [6.45, 7) is 2.14. The summed E-state index contributed by atoms with van der Waals surface area (Å²) in [5.41, 5.74) is 2.46. The maximum Gasteiger partial charge on any atom is 0.111 e. The van der Waals surface area contributed by atoms with Crippen LogP contribution in [0.3, 0.4) is 0 Å². The van der Waals surface area contributed by atoms with Gasteiger partial charge in [0.15, 0.2) is 0 Å². The zero-order valence-corrected chi connectivity index (χ0v) is 12.6. The molecule has 4 heteroatoms. The van der Waals surface area contributed by atoms with Crippen LogP contribution in [0.4, 0.5) is 0 Å². The second kappa shape index (κ2) is 5.54.